The van der Waals surface area contributed by atoms with Gasteiger partial charge in [-0.2, -0.15) is 5.10 Å². The van der Waals surface area contributed by atoms with E-state index in [1.165, 1.54) is 24.3 Å². The zero-order valence-corrected chi connectivity index (χ0v) is 12.8. The molecule has 1 unspecified atom stereocenters. The van der Waals surface area contributed by atoms with E-state index in [1.54, 1.807) is 16.9 Å². The van der Waals surface area contributed by atoms with E-state index in [2.05, 4.69) is 17.3 Å². The lowest BCUT2D eigenvalue weighted by Gasteiger charge is -2.14. The van der Waals surface area contributed by atoms with E-state index in [0.717, 1.165) is 6.42 Å². The van der Waals surface area contributed by atoms with Crippen LogP contribution in [0.1, 0.15) is 32.7 Å². The molecule has 118 valence electrons. The van der Waals surface area contributed by atoms with E-state index in [-0.39, 0.29) is 30.8 Å². The summed E-state index contributed by atoms with van der Waals surface area (Å²) in [6.45, 7) is 4.34. The maximum absolute atomic E-state index is 12.8. The average Bonchev–Trinajstić information content (AvgIpc) is 2.96. The highest BCUT2D eigenvalue weighted by Gasteiger charge is 2.11. The summed E-state index contributed by atoms with van der Waals surface area (Å²) in [7, 11) is 0. The molecule has 0 saturated heterocycles. The first-order chi connectivity index (χ1) is 10.6. The molecule has 0 saturated carbocycles. The van der Waals surface area contributed by atoms with Crippen LogP contribution in [-0.2, 0) is 4.79 Å². The molecular weight excluding hydrogens is 285 g/mol. The fraction of sp³-hybridized carbons (Fsp3) is 0.375. The van der Waals surface area contributed by atoms with Crippen molar-refractivity contribution in [1.82, 2.24) is 9.78 Å². The van der Waals surface area contributed by atoms with Gasteiger partial charge in [-0.05, 0) is 37.6 Å². The molecule has 1 amide bonds. The molecule has 0 aliphatic rings. The smallest absolute Gasteiger partial charge is 0.228 e. The number of nitrogens with zero attached hydrogens (tertiary/aromatic N) is 2. The molecule has 0 aliphatic heterocycles. The number of halogens is 1. The molecule has 1 heterocycles. The van der Waals surface area contributed by atoms with E-state index >= 15 is 0 Å². The number of amides is 1. The quantitative estimate of drug-likeness (QED) is 0.853. The van der Waals surface area contributed by atoms with Gasteiger partial charge in [0.1, 0.15) is 17.4 Å². The van der Waals surface area contributed by atoms with E-state index in [4.69, 9.17) is 4.74 Å². The standard InChI is InChI=1S/C16H20FN3O2/c1-3-12(2)20-15(8-10-18-20)19-16(21)9-11-22-14-6-4-13(17)5-7-14/h4-8,10,12H,3,9,11H2,1-2H3,(H,19,21). The summed E-state index contributed by atoms with van der Waals surface area (Å²) in [6, 6.07) is 7.70. The Labute approximate surface area is 129 Å². The minimum atomic E-state index is -0.316. The largest absolute Gasteiger partial charge is 0.493 e. The van der Waals surface area contributed by atoms with Crippen molar-refractivity contribution in [2.45, 2.75) is 32.7 Å². The summed E-state index contributed by atoms with van der Waals surface area (Å²) in [5.41, 5.74) is 0. The van der Waals surface area contributed by atoms with Crippen molar-refractivity contribution in [2.75, 3.05) is 11.9 Å². The van der Waals surface area contributed by atoms with Crippen LogP contribution < -0.4 is 10.1 Å². The molecule has 22 heavy (non-hydrogen) atoms. The lowest BCUT2D eigenvalue weighted by molar-refractivity contribution is -0.116. The third-order valence-electron chi connectivity index (χ3n) is 3.36. The Kier molecular flexibility index (Phi) is 5.52. The first-order valence-corrected chi connectivity index (χ1v) is 7.32. The number of hydrogen-bond acceptors (Lipinski definition) is 3. The summed E-state index contributed by atoms with van der Waals surface area (Å²) in [5.74, 6) is 0.760. The molecule has 0 fully saturated rings. The number of benzene rings is 1. The Balaban J connectivity index is 1.81. The Morgan fingerprint density at radius 1 is 1.36 bits per heavy atom. The van der Waals surface area contributed by atoms with Gasteiger partial charge < -0.3 is 10.1 Å². The number of aromatic nitrogens is 2. The van der Waals surface area contributed by atoms with Crippen LogP contribution in [0.15, 0.2) is 36.5 Å². The maximum Gasteiger partial charge on any atom is 0.228 e. The average molecular weight is 305 g/mol. The Morgan fingerprint density at radius 2 is 2.09 bits per heavy atom. The molecule has 1 N–H and O–H groups in total. The number of carbonyl (C=O) groups excluding carboxylic acids is 1. The fourth-order valence-corrected chi connectivity index (χ4v) is 1.94. The van der Waals surface area contributed by atoms with Gasteiger partial charge in [0.25, 0.3) is 0 Å². The number of carbonyl (C=O) groups is 1. The van der Waals surface area contributed by atoms with Crippen LogP contribution in [0.4, 0.5) is 10.2 Å². The first-order valence-electron chi connectivity index (χ1n) is 7.32. The molecule has 2 rings (SSSR count). The maximum atomic E-state index is 12.8. The third-order valence-corrected chi connectivity index (χ3v) is 3.36. The molecule has 0 spiro atoms. The summed E-state index contributed by atoms with van der Waals surface area (Å²) in [5, 5.41) is 7.03. The van der Waals surface area contributed by atoms with Crippen molar-refractivity contribution in [2.24, 2.45) is 0 Å². The van der Waals surface area contributed by atoms with Crippen LogP contribution >= 0.6 is 0 Å². The van der Waals surface area contributed by atoms with Gasteiger partial charge in [-0.3, -0.25) is 4.79 Å². The van der Waals surface area contributed by atoms with Crippen molar-refractivity contribution < 1.29 is 13.9 Å². The van der Waals surface area contributed by atoms with E-state index in [0.29, 0.717) is 11.6 Å². The van der Waals surface area contributed by atoms with Crippen molar-refractivity contribution >= 4 is 11.7 Å². The van der Waals surface area contributed by atoms with E-state index in [1.807, 2.05) is 6.92 Å². The van der Waals surface area contributed by atoms with E-state index < -0.39 is 0 Å². The van der Waals surface area contributed by atoms with Gasteiger partial charge in [-0.1, -0.05) is 6.92 Å². The Bertz CT molecular complexity index is 610. The van der Waals surface area contributed by atoms with Crippen molar-refractivity contribution in [3.05, 3.63) is 42.3 Å². The summed E-state index contributed by atoms with van der Waals surface area (Å²) >= 11 is 0. The van der Waals surface area contributed by atoms with E-state index in [9.17, 15) is 9.18 Å². The van der Waals surface area contributed by atoms with Gasteiger partial charge >= 0.3 is 0 Å². The molecule has 6 heteroatoms. The van der Waals surface area contributed by atoms with Crippen LogP contribution in [0.3, 0.4) is 0 Å². The van der Waals surface area contributed by atoms with Crippen LogP contribution in [0.5, 0.6) is 5.75 Å². The van der Waals surface area contributed by atoms with Gasteiger partial charge in [-0.25, -0.2) is 9.07 Å². The van der Waals surface area contributed by atoms with Crippen LogP contribution in [0.25, 0.3) is 0 Å². The summed E-state index contributed by atoms with van der Waals surface area (Å²) < 4.78 is 19.9. The van der Waals surface area contributed by atoms with Gasteiger partial charge in [0.15, 0.2) is 0 Å². The summed E-state index contributed by atoms with van der Waals surface area (Å²) in [6.07, 6.45) is 2.80. The van der Waals surface area contributed by atoms with Crippen LogP contribution in [0, 0.1) is 5.82 Å². The topological polar surface area (TPSA) is 56.2 Å². The zero-order valence-electron chi connectivity index (χ0n) is 12.8. The second-order valence-electron chi connectivity index (χ2n) is 5.02. The normalized spacial score (nSPS) is 12.0. The number of nitrogens with one attached hydrogen (secondary N) is 1. The Morgan fingerprint density at radius 3 is 2.77 bits per heavy atom. The fourth-order valence-electron chi connectivity index (χ4n) is 1.94. The number of ether oxygens (including phenoxy) is 1. The van der Waals surface area contributed by atoms with Gasteiger partial charge in [-0.15, -0.1) is 0 Å². The van der Waals surface area contributed by atoms with Gasteiger partial charge in [0.2, 0.25) is 5.91 Å². The second kappa shape index (κ2) is 7.59. The first kappa shape index (κ1) is 16.0. The molecular formula is C16H20FN3O2. The molecule has 1 atom stereocenters. The highest BCUT2D eigenvalue weighted by Crippen LogP contribution is 2.16. The molecule has 1 aromatic carbocycles. The second-order valence-corrected chi connectivity index (χ2v) is 5.02. The van der Waals surface area contributed by atoms with Crippen molar-refractivity contribution in [3.8, 4) is 5.75 Å². The third kappa shape index (κ3) is 4.31. The van der Waals surface area contributed by atoms with Crippen LogP contribution in [0.2, 0.25) is 0 Å². The minimum Gasteiger partial charge on any atom is -0.493 e. The van der Waals surface area contributed by atoms with Crippen LogP contribution in [-0.4, -0.2) is 22.3 Å². The number of rotatable bonds is 7. The number of anilines is 1. The SMILES string of the molecule is CCC(C)n1nccc1NC(=O)CCOc1ccc(F)cc1. The molecule has 0 radical (unpaired) electrons. The Hall–Kier alpha value is -2.37. The summed E-state index contributed by atoms with van der Waals surface area (Å²) in [4.78, 5) is 11.9. The highest BCUT2D eigenvalue weighted by molar-refractivity contribution is 5.89. The predicted octanol–water partition coefficient (Wildman–Crippen LogP) is 3.40. The molecule has 0 aliphatic carbocycles. The van der Waals surface area contributed by atoms with Gasteiger partial charge in [0, 0.05) is 6.07 Å². The lowest BCUT2D eigenvalue weighted by atomic mass is 10.3. The minimum absolute atomic E-state index is 0.146. The lowest BCUT2D eigenvalue weighted by Crippen LogP contribution is -2.19. The highest BCUT2D eigenvalue weighted by atomic mass is 19.1. The molecule has 2 aromatic rings. The molecule has 5 nitrogen and oxygen atoms in total. The zero-order chi connectivity index (χ0) is 15.9. The number of hydrogen-bond donors (Lipinski definition) is 1. The molecule has 0 bridgehead atoms. The molecule has 1 aromatic heterocycles. The van der Waals surface area contributed by atoms with Crippen molar-refractivity contribution in [3.63, 3.8) is 0 Å². The monoisotopic (exact) mass is 305 g/mol. The van der Waals surface area contributed by atoms with Gasteiger partial charge in [0.05, 0.1) is 25.3 Å². The predicted molar refractivity (Wildman–Crippen MR) is 82.4 cm³/mol. The van der Waals surface area contributed by atoms with Crippen molar-refractivity contribution in [1.29, 1.82) is 0 Å².